The van der Waals surface area contributed by atoms with Crippen LogP contribution in [0.25, 0.3) is 0 Å². The second-order valence-corrected chi connectivity index (χ2v) is 2.58. The summed E-state index contributed by atoms with van der Waals surface area (Å²) < 4.78 is 1.44. The van der Waals surface area contributed by atoms with Crippen LogP contribution in [0.2, 0.25) is 0 Å². The van der Waals surface area contributed by atoms with Gasteiger partial charge in [-0.2, -0.15) is 0 Å². The lowest BCUT2D eigenvalue weighted by molar-refractivity contribution is 0.0901. The van der Waals surface area contributed by atoms with E-state index in [9.17, 15) is 9.59 Å². The molecule has 0 aliphatic heterocycles. The van der Waals surface area contributed by atoms with Crippen molar-refractivity contribution in [3.05, 3.63) is 34.7 Å². The topological polar surface area (TPSA) is 39.1 Å². The standard InChI is InChI=1S/C9H11NO2/c1-2-3-9(12)10-6-4-8(11)5-7-10/h4-7H,2-3H2,1H3. The lowest BCUT2D eigenvalue weighted by Gasteiger charge is -2.01. The summed E-state index contributed by atoms with van der Waals surface area (Å²) in [4.78, 5) is 21.9. The van der Waals surface area contributed by atoms with Gasteiger partial charge in [0.15, 0.2) is 5.43 Å². The maximum Gasteiger partial charge on any atom is 0.230 e. The second-order valence-electron chi connectivity index (χ2n) is 2.58. The Labute approximate surface area is 70.6 Å². The van der Waals surface area contributed by atoms with Crippen molar-refractivity contribution in [2.24, 2.45) is 0 Å². The molecule has 1 rings (SSSR count). The Balaban J connectivity index is 2.82. The van der Waals surface area contributed by atoms with Crippen LogP contribution >= 0.6 is 0 Å². The van der Waals surface area contributed by atoms with Crippen molar-refractivity contribution in [1.82, 2.24) is 4.57 Å². The third-order valence-corrected chi connectivity index (χ3v) is 1.55. The van der Waals surface area contributed by atoms with E-state index in [1.54, 1.807) is 0 Å². The molecule has 0 aliphatic rings. The first-order chi connectivity index (χ1) is 5.74. The zero-order chi connectivity index (χ0) is 8.97. The highest BCUT2D eigenvalue weighted by atomic mass is 16.2. The van der Waals surface area contributed by atoms with Gasteiger partial charge in [-0.25, -0.2) is 0 Å². The van der Waals surface area contributed by atoms with Gasteiger partial charge in [-0.15, -0.1) is 0 Å². The lowest BCUT2D eigenvalue weighted by Crippen LogP contribution is -2.11. The summed E-state index contributed by atoms with van der Waals surface area (Å²) in [7, 11) is 0. The zero-order valence-corrected chi connectivity index (χ0v) is 6.99. The largest absolute Gasteiger partial charge is 0.294 e. The second kappa shape index (κ2) is 3.85. The highest BCUT2D eigenvalue weighted by Crippen LogP contribution is 1.93. The molecule has 0 unspecified atom stereocenters. The Bertz CT molecular complexity index is 307. The quantitative estimate of drug-likeness (QED) is 0.662. The van der Waals surface area contributed by atoms with Crippen LogP contribution in [0.3, 0.4) is 0 Å². The molecule has 0 amide bonds. The van der Waals surface area contributed by atoms with E-state index in [1.807, 2.05) is 6.92 Å². The molecule has 1 heterocycles. The Hall–Kier alpha value is -1.38. The van der Waals surface area contributed by atoms with E-state index >= 15 is 0 Å². The van der Waals surface area contributed by atoms with Crippen molar-refractivity contribution in [3.63, 3.8) is 0 Å². The summed E-state index contributed by atoms with van der Waals surface area (Å²) >= 11 is 0. The molecule has 64 valence electrons. The minimum absolute atomic E-state index is 0.0255. The van der Waals surface area contributed by atoms with Crippen LogP contribution in [0.15, 0.2) is 29.3 Å². The molecule has 0 saturated carbocycles. The average Bonchev–Trinajstić information content (AvgIpc) is 2.06. The molecular formula is C9H11NO2. The van der Waals surface area contributed by atoms with Gasteiger partial charge in [0.2, 0.25) is 5.91 Å². The van der Waals surface area contributed by atoms with Gasteiger partial charge < -0.3 is 0 Å². The maximum atomic E-state index is 11.2. The minimum Gasteiger partial charge on any atom is -0.294 e. The Morgan fingerprint density at radius 1 is 1.42 bits per heavy atom. The zero-order valence-electron chi connectivity index (χ0n) is 6.99. The summed E-state index contributed by atoms with van der Waals surface area (Å²) in [5.41, 5.74) is -0.0736. The number of carbonyl (C=O) groups excluding carboxylic acids is 1. The third-order valence-electron chi connectivity index (χ3n) is 1.55. The van der Waals surface area contributed by atoms with E-state index < -0.39 is 0 Å². The number of nitrogens with zero attached hydrogens (tertiary/aromatic N) is 1. The predicted molar refractivity (Wildman–Crippen MR) is 46.2 cm³/mol. The van der Waals surface area contributed by atoms with Crippen LogP contribution in [0.5, 0.6) is 0 Å². The fourth-order valence-corrected chi connectivity index (χ4v) is 0.922. The van der Waals surface area contributed by atoms with E-state index in [2.05, 4.69) is 0 Å². The Kier molecular flexibility index (Phi) is 2.80. The Morgan fingerprint density at radius 3 is 2.50 bits per heavy atom. The summed E-state index contributed by atoms with van der Waals surface area (Å²) in [6.45, 7) is 1.94. The highest BCUT2D eigenvalue weighted by molar-refractivity contribution is 5.78. The van der Waals surface area contributed by atoms with Crippen LogP contribution in [0.4, 0.5) is 0 Å². The number of hydrogen-bond acceptors (Lipinski definition) is 2. The molecule has 3 nitrogen and oxygen atoms in total. The number of aromatic nitrogens is 1. The van der Waals surface area contributed by atoms with Crippen LogP contribution in [-0.4, -0.2) is 10.5 Å². The first-order valence-electron chi connectivity index (χ1n) is 3.95. The van der Waals surface area contributed by atoms with E-state index in [0.717, 1.165) is 6.42 Å². The van der Waals surface area contributed by atoms with E-state index in [4.69, 9.17) is 0 Å². The van der Waals surface area contributed by atoms with Crippen LogP contribution in [-0.2, 0) is 0 Å². The molecule has 0 radical (unpaired) electrons. The number of pyridine rings is 1. The van der Waals surface area contributed by atoms with Gasteiger partial charge in [0.05, 0.1) is 0 Å². The molecule has 0 bridgehead atoms. The van der Waals surface area contributed by atoms with Crippen molar-refractivity contribution >= 4 is 5.91 Å². The smallest absolute Gasteiger partial charge is 0.230 e. The van der Waals surface area contributed by atoms with Gasteiger partial charge in [0.25, 0.3) is 0 Å². The Morgan fingerprint density at radius 2 is 2.00 bits per heavy atom. The summed E-state index contributed by atoms with van der Waals surface area (Å²) in [5.74, 6) is 0.0255. The number of rotatable bonds is 2. The van der Waals surface area contributed by atoms with Gasteiger partial charge in [-0.05, 0) is 6.42 Å². The fraction of sp³-hybridized carbons (Fsp3) is 0.333. The first-order valence-corrected chi connectivity index (χ1v) is 3.95. The van der Waals surface area contributed by atoms with Gasteiger partial charge in [-0.3, -0.25) is 14.2 Å². The highest BCUT2D eigenvalue weighted by Gasteiger charge is 1.99. The van der Waals surface area contributed by atoms with Crippen molar-refractivity contribution < 1.29 is 4.79 Å². The monoisotopic (exact) mass is 165 g/mol. The molecule has 0 N–H and O–H groups in total. The molecule has 0 spiro atoms. The number of carbonyl (C=O) groups is 1. The summed E-state index contributed by atoms with van der Waals surface area (Å²) in [5, 5.41) is 0. The van der Waals surface area contributed by atoms with Crippen molar-refractivity contribution in [1.29, 1.82) is 0 Å². The molecule has 0 aliphatic carbocycles. The summed E-state index contributed by atoms with van der Waals surface area (Å²) in [6.07, 6.45) is 4.34. The summed E-state index contributed by atoms with van der Waals surface area (Å²) in [6, 6.07) is 2.76. The molecule has 12 heavy (non-hydrogen) atoms. The van der Waals surface area contributed by atoms with Gasteiger partial charge >= 0.3 is 0 Å². The molecule has 0 saturated heterocycles. The SMILES string of the molecule is CCCC(=O)n1ccc(=O)cc1. The van der Waals surface area contributed by atoms with Crippen LogP contribution in [0.1, 0.15) is 24.6 Å². The maximum absolute atomic E-state index is 11.2. The van der Waals surface area contributed by atoms with Gasteiger partial charge in [0, 0.05) is 30.9 Å². The third kappa shape index (κ3) is 2.05. The molecule has 3 heteroatoms. The van der Waals surface area contributed by atoms with Gasteiger partial charge in [0.1, 0.15) is 0 Å². The first kappa shape index (κ1) is 8.71. The molecular weight excluding hydrogens is 154 g/mol. The molecule has 1 aromatic rings. The average molecular weight is 165 g/mol. The molecule has 0 aromatic carbocycles. The predicted octanol–water partition coefficient (Wildman–Crippen LogP) is 1.29. The molecule has 0 fully saturated rings. The molecule has 0 atom stereocenters. The van der Waals surface area contributed by atoms with E-state index in [-0.39, 0.29) is 11.3 Å². The van der Waals surface area contributed by atoms with E-state index in [0.29, 0.717) is 6.42 Å². The number of hydrogen-bond donors (Lipinski definition) is 0. The minimum atomic E-state index is -0.0736. The fourth-order valence-electron chi connectivity index (χ4n) is 0.922. The van der Waals surface area contributed by atoms with E-state index in [1.165, 1.54) is 29.1 Å². The molecule has 1 aromatic heterocycles. The van der Waals surface area contributed by atoms with Crippen molar-refractivity contribution in [3.8, 4) is 0 Å². The van der Waals surface area contributed by atoms with Crippen LogP contribution < -0.4 is 5.43 Å². The van der Waals surface area contributed by atoms with Crippen molar-refractivity contribution in [2.45, 2.75) is 19.8 Å². The lowest BCUT2D eigenvalue weighted by atomic mass is 10.3. The van der Waals surface area contributed by atoms with Crippen LogP contribution in [0, 0.1) is 0 Å². The van der Waals surface area contributed by atoms with Crippen molar-refractivity contribution in [2.75, 3.05) is 0 Å². The van der Waals surface area contributed by atoms with Gasteiger partial charge in [-0.1, -0.05) is 6.92 Å². The normalized spacial score (nSPS) is 9.75.